The monoisotopic (exact) mass is 246 g/mol. The maximum Gasteiger partial charge on any atom is 0.0823 e. The predicted octanol–water partition coefficient (Wildman–Crippen LogP) is 3.39. The molecule has 0 saturated heterocycles. The molecule has 0 aromatic heterocycles. The van der Waals surface area contributed by atoms with Crippen LogP contribution in [0.2, 0.25) is 10.0 Å². The first-order valence-corrected chi connectivity index (χ1v) is 5.78. The van der Waals surface area contributed by atoms with Crippen LogP contribution in [0.15, 0.2) is 18.2 Å². The van der Waals surface area contributed by atoms with Gasteiger partial charge in [0.25, 0.3) is 0 Å². The van der Waals surface area contributed by atoms with Gasteiger partial charge >= 0.3 is 0 Å². The van der Waals surface area contributed by atoms with Gasteiger partial charge in [0.15, 0.2) is 0 Å². The molecule has 0 spiro atoms. The number of hydrogen-bond donors (Lipinski definition) is 2. The quantitative estimate of drug-likeness (QED) is 0.836. The largest absolute Gasteiger partial charge is 0.384 e. The maximum atomic E-state index is 6.02. The van der Waals surface area contributed by atoms with Crippen LogP contribution in [0.25, 0.3) is 0 Å². The molecule has 1 aromatic carbocycles. The summed E-state index contributed by atoms with van der Waals surface area (Å²) < 4.78 is 0. The second kappa shape index (κ2) is 6.21. The van der Waals surface area contributed by atoms with Crippen LogP contribution in [0.4, 0.5) is 5.69 Å². The first kappa shape index (κ1) is 12.6. The molecule has 15 heavy (non-hydrogen) atoms. The smallest absolute Gasteiger partial charge is 0.0823 e. The van der Waals surface area contributed by atoms with Crippen molar-refractivity contribution in [1.82, 2.24) is 0 Å². The van der Waals surface area contributed by atoms with Crippen LogP contribution in [-0.4, -0.2) is 13.1 Å². The van der Waals surface area contributed by atoms with Gasteiger partial charge in [-0.3, -0.25) is 0 Å². The molecule has 0 aliphatic heterocycles. The highest BCUT2D eigenvalue weighted by molar-refractivity contribution is 6.43. The maximum absolute atomic E-state index is 6.02. The molecule has 0 aliphatic rings. The molecule has 0 amide bonds. The summed E-state index contributed by atoms with van der Waals surface area (Å²) in [6.45, 7) is 3.70. The van der Waals surface area contributed by atoms with E-state index in [9.17, 15) is 0 Å². The van der Waals surface area contributed by atoms with E-state index in [1.165, 1.54) is 0 Å². The van der Waals surface area contributed by atoms with Crippen molar-refractivity contribution in [3.63, 3.8) is 0 Å². The number of anilines is 1. The van der Waals surface area contributed by atoms with Crippen molar-refractivity contribution >= 4 is 28.9 Å². The molecular formula is C11H16Cl2N2. The van der Waals surface area contributed by atoms with Gasteiger partial charge in [-0.2, -0.15) is 0 Å². The Kier molecular flexibility index (Phi) is 5.23. The Labute approximate surface area is 101 Å². The summed E-state index contributed by atoms with van der Waals surface area (Å²) in [5, 5.41) is 4.41. The molecule has 1 unspecified atom stereocenters. The van der Waals surface area contributed by atoms with Crippen molar-refractivity contribution in [3.8, 4) is 0 Å². The molecule has 0 heterocycles. The summed E-state index contributed by atoms with van der Waals surface area (Å²) >= 11 is 11.9. The standard InChI is InChI=1S/C11H16Cl2N2/c1-8(7-14)5-6-15-10-4-2-3-9(12)11(10)13/h2-4,8,15H,5-7,14H2,1H3. The Hall–Kier alpha value is -0.440. The highest BCUT2D eigenvalue weighted by Gasteiger charge is 2.04. The third-order valence-electron chi connectivity index (χ3n) is 2.31. The Morgan fingerprint density at radius 3 is 2.80 bits per heavy atom. The molecule has 84 valence electrons. The Bertz CT molecular complexity index is 315. The first-order chi connectivity index (χ1) is 7.15. The van der Waals surface area contributed by atoms with Gasteiger partial charge in [-0.25, -0.2) is 0 Å². The van der Waals surface area contributed by atoms with Gasteiger partial charge in [-0.1, -0.05) is 36.2 Å². The average Bonchev–Trinajstić information content (AvgIpc) is 2.24. The molecule has 0 fully saturated rings. The Balaban J connectivity index is 2.47. The fourth-order valence-electron chi connectivity index (χ4n) is 1.21. The third kappa shape index (κ3) is 3.90. The van der Waals surface area contributed by atoms with Gasteiger partial charge < -0.3 is 11.1 Å². The lowest BCUT2D eigenvalue weighted by atomic mass is 10.1. The molecule has 1 rings (SSSR count). The minimum absolute atomic E-state index is 0.524. The fraction of sp³-hybridized carbons (Fsp3) is 0.455. The topological polar surface area (TPSA) is 38.0 Å². The number of halogens is 2. The molecule has 1 aromatic rings. The Morgan fingerprint density at radius 2 is 2.13 bits per heavy atom. The van der Waals surface area contributed by atoms with E-state index in [2.05, 4.69) is 12.2 Å². The normalized spacial score (nSPS) is 12.5. The van der Waals surface area contributed by atoms with Gasteiger partial charge in [0.2, 0.25) is 0 Å². The zero-order chi connectivity index (χ0) is 11.3. The van der Waals surface area contributed by atoms with Gasteiger partial charge in [-0.05, 0) is 31.0 Å². The van der Waals surface area contributed by atoms with Crippen LogP contribution in [0, 0.1) is 5.92 Å². The van der Waals surface area contributed by atoms with E-state index in [0.29, 0.717) is 22.5 Å². The van der Waals surface area contributed by atoms with E-state index in [1.54, 1.807) is 6.07 Å². The van der Waals surface area contributed by atoms with Crippen molar-refractivity contribution < 1.29 is 0 Å². The van der Waals surface area contributed by atoms with E-state index < -0.39 is 0 Å². The van der Waals surface area contributed by atoms with Crippen LogP contribution < -0.4 is 11.1 Å². The molecule has 0 aliphatic carbocycles. The molecule has 0 radical (unpaired) electrons. The summed E-state index contributed by atoms with van der Waals surface area (Å²) in [4.78, 5) is 0. The van der Waals surface area contributed by atoms with Crippen molar-refractivity contribution in [3.05, 3.63) is 28.2 Å². The number of nitrogens with one attached hydrogen (secondary N) is 1. The van der Waals surface area contributed by atoms with Crippen LogP contribution in [0.5, 0.6) is 0 Å². The van der Waals surface area contributed by atoms with Crippen LogP contribution >= 0.6 is 23.2 Å². The lowest BCUT2D eigenvalue weighted by molar-refractivity contribution is 0.561. The van der Waals surface area contributed by atoms with Crippen molar-refractivity contribution in [2.75, 3.05) is 18.4 Å². The van der Waals surface area contributed by atoms with E-state index in [1.807, 2.05) is 12.1 Å². The van der Waals surface area contributed by atoms with Crippen LogP contribution in [0.3, 0.4) is 0 Å². The fourth-order valence-corrected chi connectivity index (χ4v) is 1.58. The molecule has 1 atom stereocenters. The summed E-state index contributed by atoms with van der Waals surface area (Å²) in [6, 6.07) is 5.57. The molecule has 4 heteroatoms. The average molecular weight is 247 g/mol. The number of hydrogen-bond acceptors (Lipinski definition) is 2. The summed E-state index contributed by atoms with van der Waals surface area (Å²) in [5.74, 6) is 0.524. The van der Waals surface area contributed by atoms with E-state index >= 15 is 0 Å². The zero-order valence-corrected chi connectivity index (χ0v) is 10.3. The van der Waals surface area contributed by atoms with Gasteiger partial charge in [-0.15, -0.1) is 0 Å². The third-order valence-corrected chi connectivity index (χ3v) is 3.13. The minimum Gasteiger partial charge on any atom is -0.384 e. The summed E-state index contributed by atoms with van der Waals surface area (Å²) in [6.07, 6.45) is 1.03. The second-order valence-electron chi connectivity index (χ2n) is 3.66. The lowest BCUT2D eigenvalue weighted by Crippen LogP contribution is -2.15. The number of benzene rings is 1. The van der Waals surface area contributed by atoms with Crippen LogP contribution in [0.1, 0.15) is 13.3 Å². The first-order valence-electron chi connectivity index (χ1n) is 5.03. The lowest BCUT2D eigenvalue weighted by Gasteiger charge is -2.11. The predicted molar refractivity (Wildman–Crippen MR) is 67.8 cm³/mol. The number of rotatable bonds is 5. The van der Waals surface area contributed by atoms with E-state index in [-0.39, 0.29) is 0 Å². The van der Waals surface area contributed by atoms with Gasteiger partial charge in [0.05, 0.1) is 15.7 Å². The molecule has 0 bridgehead atoms. The SMILES string of the molecule is CC(CN)CCNc1cccc(Cl)c1Cl. The molecule has 3 N–H and O–H groups in total. The highest BCUT2D eigenvalue weighted by Crippen LogP contribution is 2.29. The number of nitrogens with two attached hydrogens (primary N) is 1. The van der Waals surface area contributed by atoms with E-state index in [0.717, 1.165) is 18.7 Å². The van der Waals surface area contributed by atoms with Crippen LogP contribution in [-0.2, 0) is 0 Å². The van der Waals surface area contributed by atoms with Crippen molar-refractivity contribution in [2.24, 2.45) is 11.7 Å². The van der Waals surface area contributed by atoms with Crippen molar-refractivity contribution in [2.45, 2.75) is 13.3 Å². The summed E-state index contributed by atoms with van der Waals surface area (Å²) in [7, 11) is 0. The van der Waals surface area contributed by atoms with E-state index in [4.69, 9.17) is 28.9 Å². The Morgan fingerprint density at radius 1 is 1.40 bits per heavy atom. The molecule has 0 saturated carbocycles. The zero-order valence-electron chi connectivity index (χ0n) is 8.76. The van der Waals surface area contributed by atoms with Gasteiger partial charge in [0.1, 0.15) is 0 Å². The molecular weight excluding hydrogens is 231 g/mol. The minimum atomic E-state index is 0.524. The van der Waals surface area contributed by atoms with Crippen molar-refractivity contribution in [1.29, 1.82) is 0 Å². The second-order valence-corrected chi connectivity index (χ2v) is 4.44. The van der Waals surface area contributed by atoms with Gasteiger partial charge in [0, 0.05) is 6.54 Å². The highest BCUT2D eigenvalue weighted by atomic mass is 35.5. The molecule has 2 nitrogen and oxygen atoms in total. The summed E-state index contributed by atoms with van der Waals surface area (Å²) in [5.41, 5.74) is 6.41.